The van der Waals surface area contributed by atoms with Crippen LogP contribution in [0, 0.1) is 11.8 Å². The Morgan fingerprint density at radius 3 is 2.42 bits per heavy atom. The second-order valence-electron chi connectivity index (χ2n) is 5.97. The Balaban J connectivity index is 2.23. The van der Waals surface area contributed by atoms with Crippen LogP contribution in [0.1, 0.15) is 52.9 Å². The van der Waals surface area contributed by atoms with Gasteiger partial charge in [0, 0.05) is 13.1 Å². The summed E-state index contributed by atoms with van der Waals surface area (Å²) in [7, 11) is -3.16. The molecule has 1 aliphatic carbocycles. The maximum atomic E-state index is 12.0. The van der Waals surface area contributed by atoms with E-state index in [-0.39, 0.29) is 5.25 Å². The van der Waals surface area contributed by atoms with Crippen LogP contribution in [0.5, 0.6) is 0 Å². The predicted molar refractivity (Wildman–Crippen MR) is 80.7 cm³/mol. The molecule has 0 heterocycles. The molecule has 5 heteroatoms. The lowest BCUT2D eigenvalue weighted by atomic mass is 9.81. The van der Waals surface area contributed by atoms with E-state index in [4.69, 9.17) is 0 Å². The summed E-state index contributed by atoms with van der Waals surface area (Å²) >= 11 is 0. The average Bonchev–Trinajstić information content (AvgIpc) is 2.38. The van der Waals surface area contributed by atoms with Crippen LogP contribution in [-0.4, -0.2) is 33.3 Å². The summed E-state index contributed by atoms with van der Waals surface area (Å²) in [5, 5.41) is 2.72. The van der Waals surface area contributed by atoms with Gasteiger partial charge in [-0.2, -0.15) is 0 Å². The van der Waals surface area contributed by atoms with Gasteiger partial charge in [-0.25, -0.2) is 13.1 Å². The van der Waals surface area contributed by atoms with Crippen LogP contribution in [0.15, 0.2) is 0 Å². The van der Waals surface area contributed by atoms with Crippen molar-refractivity contribution in [2.45, 2.75) is 58.1 Å². The summed E-state index contributed by atoms with van der Waals surface area (Å²) in [4.78, 5) is 0. The topological polar surface area (TPSA) is 58.2 Å². The Morgan fingerprint density at radius 1 is 1.21 bits per heavy atom. The zero-order valence-electron chi connectivity index (χ0n) is 12.6. The van der Waals surface area contributed by atoms with Crippen LogP contribution in [0.4, 0.5) is 0 Å². The van der Waals surface area contributed by atoms with Gasteiger partial charge in [-0.05, 0) is 31.7 Å². The Hall–Kier alpha value is -0.130. The van der Waals surface area contributed by atoms with E-state index in [0.717, 1.165) is 18.9 Å². The molecule has 4 nitrogen and oxygen atoms in total. The van der Waals surface area contributed by atoms with Gasteiger partial charge in [0.15, 0.2) is 0 Å². The fourth-order valence-corrected chi connectivity index (χ4v) is 3.65. The van der Waals surface area contributed by atoms with Gasteiger partial charge in [-0.3, -0.25) is 0 Å². The van der Waals surface area contributed by atoms with Crippen molar-refractivity contribution in [3.63, 3.8) is 0 Å². The van der Waals surface area contributed by atoms with Crippen LogP contribution in [0.2, 0.25) is 0 Å². The second kappa shape index (κ2) is 8.22. The summed E-state index contributed by atoms with van der Waals surface area (Å²) in [6.45, 7) is 7.97. The lowest BCUT2D eigenvalue weighted by Crippen LogP contribution is -2.39. The third-order valence-electron chi connectivity index (χ3n) is 4.20. The van der Waals surface area contributed by atoms with Crippen LogP contribution < -0.4 is 10.0 Å². The lowest BCUT2D eigenvalue weighted by Gasteiger charge is -2.26. The molecule has 1 saturated carbocycles. The average molecular weight is 290 g/mol. The predicted octanol–water partition coefficient (Wildman–Crippen LogP) is 2.12. The first-order chi connectivity index (χ1) is 8.95. The second-order valence-corrected chi connectivity index (χ2v) is 8.16. The molecule has 1 aliphatic rings. The van der Waals surface area contributed by atoms with Crippen LogP contribution in [0.3, 0.4) is 0 Å². The zero-order valence-corrected chi connectivity index (χ0v) is 13.4. The van der Waals surface area contributed by atoms with Crippen molar-refractivity contribution in [2.75, 3.05) is 19.6 Å². The van der Waals surface area contributed by atoms with Crippen LogP contribution in [0.25, 0.3) is 0 Å². The van der Waals surface area contributed by atoms with Gasteiger partial charge in [0.2, 0.25) is 10.0 Å². The minimum atomic E-state index is -3.16. The molecule has 19 heavy (non-hydrogen) atoms. The fraction of sp³-hybridized carbons (Fsp3) is 1.00. The molecule has 0 amide bonds. The summed E-state index contributed by atoms with van der Waals surface area (Å²) < 4.78 is 26.7. The van der Waals surface area contributed by atoms with E-state index >= 15 is 0 Å². The lowest BCUT2D eigenvalue weighted by molar-refractivity contribution is 0.278. The number of hydrogen-bond donors (Lipinski definition) is 2. The normalized spacial score (nSPS) is 26.3. The van der Waals surface area contributed by atoms with Crippen LogP contribution in [-0.2, 0) is 10.0 Å². The van der Waals surface area contributed by atoms with Gasteiger partial charge in [-0.1, -0.05) is 39.5 Å². The molecule has 0 bridgehead atoms. The monoisotopic (exact) mass is 290 g/mol. The van der Waals surface area contributed by atoms with Crippen molar-refractivity contribution in [2.24, 2.45) is 11.8 Å². The van der Waals surface area contributed by atoms with Gasteiger partial charge in [0.05, 0.1) is 5.25 Å². The van der Waals surface area contributed by atoms with E-state index < -0.39 is 10.0 Å². The van der Waals surface area contributed by atoms with Gasteiger partial charge in [0.1, 0.15) is 0 Å². The molecule has 1 fully saturated rings. The summed E-state index contributed by atoms with van der Waals surface area (Å²) in [5.74, 6) is 1.57. The summed E-state index contributed by atoms with van der Waals surface area (Å²) in [6, 6.07) is 0. The zero-order chi connectivity index (χ0) is 14.3. The van der Waals surface area contributed by atoms with Crippen molar-refractivity contribution < 1.29 is 8.42 Å². The Bertz CT molecular complexity index is 335. The first-order valence-corrected chi connectivity index (χ1v) is 9.19. The number of nitrogens with one attached hydrogen (secondary N) is 2. The minimum Gasteiger partial charge on any atom is -0.316 e. The highest BCUT2D eigenvalue weighted by Crippen LogP contribution is 2.29. The molecule has 0 aromatic carbocycles. The molecule has 0 aliphatic heterocycles. The quantitative estimate of drug-likeness (QED) is 0.720. The highest BCUT2D eigenvalue weighted by molar-refractivity contribution is 7.90. The number of rotatable bonds is 8. The smallest absolute Gasteiger partial charge is 0.215 e. The van der Waals surface area contributed by atoms with Crippen molar-refractivity contribution in [1.82, 2.24) is 10.0 Å². The molecule has 1 rings (SSSR count). The molecule has 1 atom stereocenters. The highest BCUT2D eigenvalue weighted by Gasteiger charge is 2.21. The van der Waals surface area contributed by atoms with E-state index in [1.165, 1.54) is 25.7 Å². The van der Waals surface area contributed by atoms with Crippen molar-refractivity contribution in [1.29, 1.82) is 0 Å². The van der Waals surface area contributed by atoms with E-state index in [1.807, 2.05) is 6.92 Å². The molecule has 0 aromatic heterocycles. The molecule has 2 N–H and O–H groups in total. The van der Waals surface area contributed by atoms with Gasteiger partial charge >= 0.3 is 0 Å². The fourth-order valence-electron chi connectivity index (χ4n) is 2.62. The van der Waals surface area contributed by atoms with Crippen molar-refractivity contribution >= 4 is 10.0 Å². The van der Waals surface area contributed by atoms with Crippen molar-refractivity contribution in [3.8, 4) is 0 Å². The summed E-state index contributed by atoms with van der Waals surface area (Å²) in [5.41, 5.74) is 0. The standard InChI is InChI=1S/C14H30N2O2S/c1-4-15-11-13(3)19(17,18)16-10-9-14-7-5-12(2)6-8-14/h12-16H,4-11H2,1-3H3. The van der Waals surface area contributed by atoms with Gasteiger partial charge < -0.3 is 5.32 Å². The van der Waals surface area contributed by atoms with E-state index in [2.05, 4.69) is 17.0 Å². The molecular formula is C14H30N2O2S. The molecule has 1 unspecified atom stereocenters. The minimum absolute atomic E-state index is 0.362. The maximum Gasteiger partial charge on any atom is 0.215 e. The number of hydrogen-bond acceptors (Lipinski definition) is 3. The molecule has 114 valence electrons. The SMILES string of the molecule is CCNCC(C)S(=O)(=O)NCCC1CCC(C)CC1. The largest absolute Gasteiger partial charge is 0.316 e. The molecule has 0 radical (unpaired) electrons. The maximum absolute atomic E-state index is 12.0. The highest BCUT2D eigenvalue weighted by atomic mass is 32.2. The van der Waals surface area contributed by atoms with Crippen molar-refractivity contribution in [3.05, 3.63) is 0 Å². The molecular weight excluding hydrogens is 260 g/mol. The van der Waals surface area contributed by atoms with Gasteiger partial charge in [-0.15, -0.1) is 0 Å². The molecule has 0 aromatic rings. The first-order valence-electron chi connectivity index (χ1n) is 7.65. The molecule has 0 saturated heterocycles. The third kappa shape index (κ3) is 6.23. The van der Waals surface area contributed by atoms with E-state index in [9.17, 15) is 8.42 Å². The van der Waals surface area contributed by atoms with Crippen LogP contribution >= 0.6 is 0 Å². The summed E-state index contributed by atoms with van der Waals surface area (Å²) in [6.07, 6.45) is 6.11. The third-order valence-corrected chi connectivity index (χ3v) is 6.04. The Morgan fingerprint density at radius 2 is 1.84 bits per heavy atom. The molecule has 0 spiro atoms. The Kier molecular flexibility index (Phi) is 7.32. The van der Waals surface area contributed by atoms with E-state index in [1.54, 1.807) is 6.92 Å². The van der Waals surface area contributed by atoms with Gasteiger partial charge in [0.25, 0.3) is 0 Å². The van der Waals surface area contributed by atoms with E-state index in [0.29, 0.717) is 19.0 Å². The number of sulfonamides is 1. The Labute approximate surface area is 118 Å². The first kappa shape index (κ1) is 16.9.